The molecule has 0 spiro atoms. The van der Waals surface area contributed by atoms with E-state index in [1.54, 1.807) is 4.57 Å². The van der Waals surface area contributed by atoms with Gasteiger partial charge in [0, 0.05) is 11.1 Å². The third-order valence-corrected chi connectivity index (χ3v) is 4.17. The second-order valence-corrected chi connectivity index (χ2v) is 5.79. The predicted octanol–water partition coefficient (Wildman–Crippen LogP) is 3.89. The predicted molar refractivity (Wildman–Crippen MR) is 84.3 cm³/mol. The van der Waals surface area contributed by atoms with E-state index in [-0.39, 0.29) is 11.8 Å². The maximum absolute atomic E-state index is 10.5. The summed E-state index contributed by atoms with van der Waals surface area (Å²) in [5.41, 5.74) is 5.00. The smallest absolute Gasteiger partial charge is 0.202 e. The molecule has 110 valence electrons. The Morgan fingerprint density at radius 2 is 1.71 bits per heavy atom. The first-order chi connectivity index (χ1) is 10.1. The topological polar surface area (TPSA) is 45.4 Å². The van der Waals surface area contributed by atoms with E-state index in [0.29, 0.717) is 12.8 Å². The van der Waals surface area contributed by atoms with Crippen LogP contribution in [0.2, 0.25) is 0 Å². The molecule has 21 heavy (non-hydrogen) atoms. The average molecular weight is 283 g/mol. The highest BCUT2D eigenvalue weighted by molar-refractivity contribution is 5.56. The van der Waals surface area contributed by atoms with Gasteiger partial charge in [-0.25, -0.2) is 0 Å². The van der Waals surface area contributed by atoms with Crippen LogP contribution >= 0.6 is 0 Å². The Hall–Kier alpha value is -2.16. The quantitative estimate of drug-likeness (QED) is 0.839. The van der Waals surface area contributed by atoms with Gasteiger partial charge in [-0.15, -0.1) is 0 Å². The molecule has 1 heterocycles. The van der Waals surface area contributed by atoms with E-state index in [0.717, 1.165) is 29.7 Å². The van der Waals surface area contributed by atoms with Gasteiger partial charge >= 0.3 is 0 Å². The lowest BCUT2D eigenvalue weighted by Crippen LogP contribution is -1.97. The number of allylic oxidation sites excluding steroid dienone is 2. The minimum absolute atomic E-state index is 0.162. The number of aromatic hydroxyl groups is 2. The van der Waals surface area contributed by atoms with Crippen LogP contribution in [0.15, 0.2) is 35.9 Å². The highest BCUT2D eigenvalue weighted by Gasteiger charge is 2.24. The van der Waals surface area contributed by atoms with E-state index in [4.69, 9.17) is 0 Å². The highest BCUT2D eigenvalue weighted by Crippen LogP contribution is 2.40. The summed E-state index contributed by atoms with van der Waals surface area (Å²) in [5.74, 6) is 0.327. The van der Waals surface area contributed by atoms with Crippen molar-refractivity contribution in [2.45, 2.75) is 39.5 Å². The Labute approximate surface area is 125 Å². The number of rotatable bonds is 3. The van der Waals surface area contributed by atoms with Gasteiger partial charge in [0.2, 0.25) is 11.8 Å². The van der Waals surface area contributed by atoms with Crippen LogP contribution in [-0.4, -0.2) is 14.8 Å². The van der Waals surface area contributed by atoms with E-state index in [9.17, 15) is 10.2 Å². The summed E-state index contributed by atoms with van der Waals surface area (Å²) in [6, 6.07) is 8.02. The second kappa shape index (κ2) is 5.32. The van der Waals surface area contributed by atoms with Crippen molar-refractivity contribution in [3.63, 3.8) is 0 Å². The van der Waals surface area contributed by atoms with Crippen LogP contribution in [-0.2, 0) is 19.3 Å². The number of hydrogen-bond acceptors (Lipinski definition) is 2. The fraction of sp³-hybridized carbons (Fsp3) is 0.333. The molecule has 0 atom stereocenters. The number of benzene rings is 1. The minimum atomic E-state index is 0.162. The van der Waals surface area contributed by atoms with Crippen molar-refractivity contribution in [3.05, 3.63) is 52.6 Å². The summed E-state index contributed by atoms with van der Waals surface area (Å²) in [4.78, 5) is 0. The number of hydrogen-bond donors (Lipinski definition) is 2. The molecule has 0 unspecified atom stereocenters. The van der Waals surface area contributed by atoms with Crippen molar-refractivity contribution < 1.29 is 10.2 Å². The third-order valence-electron chi connectivity index (χ3n) is 4.17. The van der Waals surface area contributed by atoms with Gasteiger partial charge in [0.25, 0.3) is 0 Å². The molecule has 2 N–H and O–H groups in total. The van der Waals surface area contributed by atoms with Crippen LogP contribution in [0.5, 0.6) is 11.8 Å². The fourth-order valence-electron chi connectivity index (χ4n) is 3.01. The van der Waals surface area contributed by atoms with Gasteiger partial charge in [-0.05, 0) is 43.9 Å². The molecule has 3 rings (SSSR count). The van der Waals surface area contributed by atoms with Crippen molar-refractivity contribution in [1.82, 2.24) is 4.57 Å². The van der Waals surface area contributed by atoms with E-state index >= 15 is 0 Å². The largest absolute Gasteiger partial charge is 0.494 e. The lowest BCUT2D eigenvalue weighted by molar-refractivity contribution is 0.399. The monoisotopic (exact) mass is 283 g/mol. The molecule has 0 radical (unpaired) electrons. The first-order valence-electron chi connectivity index (χ1n) is 7.51. The summed E-state index contributed by atoms with van der Waals surface area (Å²) in [6.45, 7) is 4.21. The Balaban J connectivity index is 2.03. The van der Waals surface area contributed by atoms with E-state index in [1.807, 2.05) is 12.1 Å². The zero-order chi connectivity index (χ0) is 15.0. The van der Waals surface area contributed by atoms with E-state index in [1.165, 1.54) is 11.1 Å². The second-order valence-electron chi connectivity index (χ2n) is 5.79. The summed E-state index contributed by atoms with van der Waals surface area (Å²) in [6.07, 6.45) is 5.65. The Morgan fingerprint density at radius 1 is 1.05 bits per heavy atom. The van der Waals surface area contributed by atoms with Crippen LogP contribution in [0.1, 0.15) is 37.0 Å². The molecule has 3 heteroatoms. The number of nitrogens with zero attached hydrogens (tertiary/aromatic N) is 1. The van der Waals surface area contributed by atoms with Crippen LogP contribution in [0, 0.1) is 0 Å². The minimum Gasteiger partial charge on any atom is -0.494 e. The Morgan fingerprint density at radius 3 is 2.38 bits per heavy atom. The molecule has 1 aromatic carbocycles. The summed E-state index contributed by atoms with van der Waals surface area (Å²) in [7, 11) is 0. The molecule has 0 bridgehead atoms. The maximum atomic E-state index is 10.5. The standard InChI is InChI=1S/C18H21NO2/c1-3-4-13-6-8-14(9-7-13)19-17(20)15-10-5-12(2)11-16(15)18(19)21/h5-9,20-21H,3-4,10-11H2,1-2H3. The molecule has 0 amide bonds. The van der Waals surface area contributed by atoms with Gasteiger partial charge in [-0.2, -0.15) is 0 Å². The molecule has 3 nitrogen and oxygen atoms in total. The van der Waals surface area contributed by atoms with Crippen LogP contribution < -0.4 is 0 Å². The summed E-state index contributed by atoms with van der Waals surface area (Å²) < 4.78 is 1.55. The van der Waals surface area contributed by atoms with Gasteiger partial charge < -0.3 is 10.2 Å². The number of aryl methyl sites for hydroxylation is 1. The van der Waals surface area contributed by atoms with Crippen LogP contribution in [0.25, 0.3) is 5.69 Å². The van der Waals surface area contributed by atoms with Gasteiger partial charge in [-0.1, -0.05) is 37.1 Å². The first kappa shape index (κ1) is 13.8. The zero-order valence-electron chi connectivity index (χ0n) is 12.6. The highest BCUT2D eigenvalue weighted by atomic mass is 16.3. The van der Waals surface area contributed by atoms with Crippen molar-refractivity contribution >= 4 is 0 Å². The fourth-order valence-corrected chi connectivity index (χ4v) is 3.01. The third kappa shape index (κ3) is 2.33. The van der Waals surface area contributed by atoms with Crippen molar-refractivity contribution in [1.29, 1.82) is 0 Å². The van der Waals surface area contributed by atoms with E-state index in [2.05, 4.69) is 32.1 Å². The molecule has 0 aliphatic heterocycles. The van der Waals surface area contributed by atoms with Crippen molar-refractivity contribution in [2.24, 2.45) is 0 Å². The molecule has 0 saturated carbocycles. The van der Waals surface area contributed by atoms with E-state index < -0.39 is 0 Å². The molecule has 0 saturated heterocycles. The average Bonchev–Trinajstić information content (AvgIpc) is 2.72. The molecule has 1 aliphatic rings. The van der Waals surface area contributed by atoms with Crippen LogP contribution in [0.3, 0.4) is 0 Å². The molecule has 1 aliphatic carbocycles. The first-order valence-corrected chi connectivity index (χ1v) is 7.51. The van der Waals surface area contributed by atoms with Gasteiger partial charge in [-0.3, -0.25) is 4.57 Å². The lowest BCUT2D eigenvalue weighted by Gasteiger charge is -2.09. The van der Waals surface area contributed by atoms with Crippen LogP contribution in [0.4, 0.5) is 0 Å². The summed E-state index contributed by atoms with van der Waals surface area (Å²) >= 11 is 0. The lowest BCUT2D eigenvalue weighted by atomic mass is 9.96. The molecule has 2 aromatic rings. The molecule has 1 aromatic heterocycles. The maximum Gasteiger partial charge on any atom is 0.202 e. The molecule has 0 fully saturated rings. The summed E-state index contributed by atoms with van der Waals surface area (Å²) in [5, 5.41) is 20.9. The number of aromatic nitrogens is 1. The molecular formula is C18H21NO2. The van der Waals surface area contributed by atoms with Crippen molar-refractivity contribution in [2.75, 3.05) is 0 Å². The van der Waals surface area contributed by atoms with Crippen molar-refractivity contribution in [3.8, 4) is 17.4 Å². The van der Waals surface area contributed by atoms with Gasteiger partial charge in [0.05, 0.1) is 5.69 Å². The van der Waals surface area contributed by atoms with Gasteiger partial charge in [0.1, 0.15) is 0 Å². The normalized spacial score (nSPS) is 13.9. The van der Waals surface area contributed by atoms with Gasteiger partial charge in [0.15, 0.2) is 0 Å². The molecular weight excluding hydrogens is 262 g/mol. The SMILES string of the molecule is CCCc1ccc(-n2c(O)c3c(c2O)CC(C)=CC3)cc1. The Bertz CT molecular complexity index is 693. The Kier molecular flexibility index (Phi) is 3.50. The zero-order valence-corrected chi connectivity index (χ0v) is 12.6. The number of fused-ring (bicyclic) bond motifs is 1.